The van der Waals surface area contributed by atoms with E-state index in [0.29, 0.717) is 6.42 Å². The lowest BCUT2D eigenvalue weighted by Gasteiger charge is -1.95. The minimum Gasteiger partial charge on any atom is -0.362 e. The molecule has 0 unspecified atom stereocenters. The van der Waals surface area contributed by atoms with Crippen molar-refractivity contribution in [1.82, 2.24) is 4.98 Å². The maximum absolute atomic E-state index is 11.2. The van der Waals surface area contributed by atoms with E-state index in [1.165, 1.54) is 6.92 Å². The van der Waals surface area contributed by atoms with Crippen molar-refractivity contribution in [2.24, 2.45) is 0 Å². The standard InChI is InChI=1S/C10H13NO2/c1-7-3-4-9(11-7)6-10(13)5-8(2)12/h3-4,11H,5-6H2,1-2H3. The van der Waals surface area contributed by atoms with Crippen LogP contribution in [-0.2, 0) is 16.0 Å². The highest BCUT2D eigenvalue weighted by atomic mass is 16.1. The van der Waals surface area contributed by atoms with Gasteiger partial charge in [0.25, 0.3) is 0 Å². The largest absolute Gasteiger partial charge is 0.362 e. The van der Waals surface area contributed by atoms with Gasteiger partial charge >= 0.3 is 0 Å². The van der Waals surface area contributed by atoms with Crippen LogP contribution in [0.1, 0.15) is 24.7 Å². The van der Waals surface area contributed by atoms with Crippen molar-refractivity contribution in [2.45, 2.75) is 26.7 Å². The normalized spacial score (nSPS) is 10.0. The van der Waals surface area contributed by atoms with Gasteiger partial charge in [-0.3, -0.25) is 9.59 Å². The Labute approximate surface area is 77.2 Å². The number of rotatable bonds is 4. The van der Waals surface area contributed by atoms with E-state index in [1.54, 1.807) is 0 Å². The average molecular weight is 179 g/mol. The van der Waals surface area contributed by atoms with Crippen molar-refractivity contribution in [3.63, 3.8) is 0 Å². The summed E-state index contributed by atoms with van der Waals surface area (Å²) in [5.41, 5.74) is 1.91. The number of aromatic nitrogens is 1. The number of hydrogen-bond acceptors (Lipinski definition) is 2. The number of carbonyl (C=O) groups is 2. The molecule has 0 saturated carbocycles. The number of aryl methyl sites for hydroxylation is 1. The molecule has 13 heavy (non-hydrogen) atoms. The number of hydrogen-bond donors (Lipinski definition) is 1. The molecule has 0 bridgehead atoms. The van der Waals surface area contributed by atoms with Gasteiger partial charge in [-0.25, -0.2) is 0 Å². The van der Waals surface area contributed by atoms with Crippen molar-refractivity contribution < 1.29 is 9.59 Å². The molecule has 1 heterocycles. The Hall–Kier alpha value is -1.38. The highest BCUT2D eigenvalue weighted by molar-refractivity contribution is 5.98. The van der Waals surface area contributed by atoms with E-state index in [-0.39, 0.29) is 18.0 Å². The van der Waals surface area contributed by atoms with Gasteiger partial charge in [-0.1, -0.05) is 0 Å². The Morgan fingerprint density at radius 3 is 2.54 bits per heavy atom. The molecule has 0 radical (unpaired) electrons. The lowest BCUT2D eigenvalue weighted by atomic mass is 10.1. The molecule has 0 saturated heterocycles. The lowest BCUT2D eigenvalue weighted by Crippen LogP contribution is -2.07. The summed E-state index contributed by atoms with van der Waals surface area (Å²) in [7, 11) is 0. The van der Waals surface area contributed by atoms with Crippen LogP contribution in [0.4, 0.5) is 0 Å². The molecule has 0 aliphatic carbocycles. The van der Waals surface area contributed by atoms with Crippen molar-refractivity contribution in [3.05, 3.63) is 23.5 Å². The summed E-state index contributed by atoms with van der Waals surface area (Å²) in [5, 5.41) is 0. The van der Waals surface area contributed by atoms with E-state index in [9.17, 15) is 9.59 Å². The van der Waals surface area contributed by atoms with Crippen LogP contribution in [0.25, 0.3) is 0 Å². The van der Waals surface area contributed by atoms with Crippen LogP contribution >= 0.6 is 0 Å². The first-order chi connectivity index (χ1) is 6.08. The number of Topliss-reactive ketones (excluding diaryl/α,β-unsaturated/α-hetero) is 2. The second-order valence-electron chi connectivity index (χ2n) is 3.26. The molecule has 0 aliphatic heterocycles. The van der Waals surface area contributed by atoms with E-state index < -0.39 is 0 Å². The topological polar surface area (TPSA) is 49.9 Å². The molecule has 0 aromatic carbocycles. The molecule has 70 valence electrons. The van der Waals surface area contributed by atoms with Crippen LogP contribution in [0.2, 0.25) is 0 Å². The molecule has 1 aromatic heterocycles. The molecule has 0 atom stereocenters. The molecular formula is C10H13NO2. The van der Waals surface area contributed by atoms with E-state index in [0.717, 1.165) is 11.4 Å². The predicted molar refractivity (Wildman–Crippen MR) is 49.5 cm³/mol. The Balaban J connectivity index is 2.50. The molecule has 1 aromatic rings. The molecule has 3 nitrogen and oxygen atoms in total. The summed E-state index contributed by atoms with van der Waals surface area (Å²) < 4.78 is 0. The van der Waals surface area contributed by atoms with Crippen molar-refractivity contribution in [1.29, 1.82) is 0 Å². The Morgan fingerprint density at radius 2 is 2.08 bits per heavy atom. The fraction of sp³-hybridized carbons (Fsp3) is 0.400. The third kappa shape index (κ3) is 3.23. The fourth-order valence-corrected chi connectivity index (χ4v) is 1.22. The molecule has 3 heteroatoms. The second kappa shape index (κ2) is 4.03. The second-order valence-corrected chi connectivity index (χ2v) is 3.26. The van der Waals surface area contributed by atoms with Crippen LogP contribution < -0.4 is 0 Å². The SMILES string of the molecule is CC(=O)CC(=O)Cc1ccc(C)[nH]1. The maximum Gasteiger partial charge on any atom is 0.146 e. The van der Waals surface area contributed by atoms with Gasteiger partial charge in [-0.05, 0) is 26.0 Å². The summed E-state index contributed by atoms with van der Waals surface area (Å²) in [6.45, 7) is 3.36. The first-order valence-corrected chi connectivity index (χ1v) is 4.23. The van der Waals surface area contributed by atoms with E-state index in [4.69, 9.17) is 0 Å². The van der Waals surface area contributed by atoms with Crippen LogP contribution in [-0.4, -0.2) is 16.6 Å². The van der Waals surface area contributed by atoms with Gasteiger partial charge in [0.2, 0.25) is 0 Å². The Kier molecular flexibility index (Phi) is 3.01. The van der Waals surface area contributed by atoms with Gasteiger partial charge in [0.15, 0.2) is 0 Å². The number of carbonyl (C=O) groups excluding carboxylic acids is 2. The highest BCUT2D eigenvalue weighted by Crippen LogP contribution is 2.02. The monoisotopic (exact) mass is 179 g/mol. The average Bonchev–Trinajstić information content (AvgIpc) is 2.33. The molecular weight excluding hydrogens is 166 g/mol. The third-order valence-corrected chi connectivity index (χ3v) is 1.73. The van der Waals surface area contributed by atoms with Crippen molar-refractivity contribution in [2.75, 3.05) is 0 Å². The quantitative estimate of drug-likeness (QED) is 0.710. The molecule has 0 spiro atoms. The first kappa shape index (κ1) is 9.71. The molecule has 0 fully saturated rings. The number of nitrogens with one attached hydrogen (secondary N) is 1. The summed E-state index contributed by atoms with van der Waals surface area (Å²) >= 11 is 0. The van der Waals surface area contributed by atoms with E-state index in [2.05, 4.69) is 4.98 Å². The van der Waals surface area contributed by atoms with Crippen molar-refractivity contribution >= 4 is 11.6 Å². The zero-order chi connectivity index (χ0) is 9.84. The third-order valence-electron chi connectivity index (χ3n) is 1.73. The summed E-state index contributed by atoms with van der Waals surface area (Å²) in [6.07, 6.45) is 0.367. The van der Waals surface area contributed by atoms with E-state index >= 15 is 0 Å². The highest BCUT2D eigenvalue weighted by Gasteiger charge is 2.07. The number of aromatic amines is 1. The number of ketones is 2. The zero-order valence-electron chi connectivity index (χ0n) is 7.89. The predicted octanol–water partition coefficient (Wildman–Crippen LogP) is 1.41. The zero-order valence-corrected chi connectivity index (χ0v) is 7.89. The molecule has 1 rings (SSSR count). The minimum atomic E-state index is -0.0757. The Morgan fingerprint density at radius 1 is 1.38 bits per heavy atom. The lowest BCUT2D eigenvalue weighted by molar-refractivity contribution is -0.125. The fourth-order valence-electron chi connectivity index (χ4n) is 1.22. The smallest absolute Gasteiger partial charge is 0.146 e. The van der Waals surface area contributed by atoms with Crippen LogP contribution in [0.5, 0.6) is 0 Å². The van der Waals surface area contributed by atoms with Gasteiger partial charge in [0, 0.05) is 17.8 Å². The molecule has 0 amide bonds. The van der Waals surface area contributed by atoms with Gasteiger partial charge in [-0.15, -0.1) is 0 Å². The van der Waals surface area contributed by atoms with Crippen LogP contribution in [0, 0.1) is 6.92 Å². The molecule has 0 aliphatic rings. The number of H-pyrrole nitrogens is 1. The van der Waals surface area contributed by atoms with Crippen molar-refractivity contribution in [3.8, 4) is 0 Å². The summed E-state index contributed by atoms with van der Waals surface area (Å²) in [4.78, 5) is 24.9. The minimum absolute atomic E-state index is 0.0330. The van der Waals surface area contributed by atoms with Gasteiger partial charge in [0.1, 0.15) is 11.6 Å². The molecule has 1 N–H and O–H groups in total. The van der Waals surface area contributed by atoms with E-state index in [1.807, 2.05) is 19.1 Å². The van der Waals surface area contributed by atoms with Gasteiger partial charge in [0.05, 0.1) is 6.42 Å². The first-order valence-electron chi connectivity index (χ1n) is 4.23. The van der Waals surface area contributed by atoms with Gasteiger partial charge in [-0.2, -0.15) is 0 Å². The maximum atomic E-state index is 11.2. The van der Waals surface area contributed by atoms with Gasteiger partial charge < -0.3 is 4.98 Å². The summed E-state index contributed by atoms with van der Waals surface area (Å²) in [6, 6.07) is 3.78. The summed E-state index contributed by atoms with van der Waals surface area (Å²) in [5.74, 6) is -0.109. The van der Waals surface area contributed by atoms with Crippen LogP contribution in [0.3, 0.4) is 0 Å². The Bertz CT molecular complexity index is 325. The van der Waals surface area contributed by atoms with Crippen LogP contribution in [0.15, 0.2) is 12.1 Å².